The first-order valence-corrected chi connectivity index (χ1v) is 12.2. The van der Waals surface area contributed by atoms with Crippen LogP contribution in [0.25, 0.3) is 11.4 Å². The highest BCUT2D eigenvalue weighted by Crippen LogP contribution is 2.38. The number of hydrogen-bond donors (Lipinski definition) is 1. The van der Waals surface area contributed by atoms with E-state index in [0.717, 1.165) is 53.9 Å². The molecule has 33 heavy (non-hydrogen) atoms. The number of nitrogens with zero attached hydrogens (tertiary/aromatic N) is 3. The molecule has 0 fully saturated rings. The smallest absolute Gasteiger partial charge is 0.146 e. The minimum absolute atomic E-state index is 0.153. The van der Waals surface area contributed by atoms with Crippen LogP contribution in [0, 0.1) is 6.92 Å². The first-order chi connectivity index (χ1) is 15.7. The van der Waals surface area contributed by atoms with Crippen LogP contribution in [0.2, 0.25) is 0 Å². The van der Waals surface area contributed by atoms with E-state index in [4.69, 9.17) is 4.74 Å². The van der Waals surface area contributed by atoms with E-state index in [0.29, 0.717) is 12.4 Å². The molecule has 3 aromatic rings. The maximum absolute atomic E-state index is 11.2. The molecular weight excluding hydrogens is 410 g/mol. The third kappa shape index (κ3) is 6.16. The molecule has 0 unspecified atom stereocenters. The second kappa shape index (κ2) is 11.4. The minimum atomic E-state index is -0.153. The van der Waals surface area contributed by atoms with Gasteiger partial charge in [-0.2, -0.15) is 14.4 Å². The molecule has 0 aliphatic heterocycles. The Morgan fingerprint density at radius 1 is 1.03 bits per heavy atom. The quantitative estimate of drug-likeness (QED) is 0.274. The standard InChI is InChI=1S/C26H37N3O2.C2H6/c1-8-10-11-12-13-20-16-22(26(4,5)6)25(30)24(17-20)29-27(7)28(29)23-18-21(31-9-2)15-14-19(23)3;1-2/h8,14-18,30H,1,9-13H2,2-7H3;1-2H3. The summed E-state index contributed by atoms with van der Waals surface area (Å²) in [7, 11) is 2.00. The van der Waals surface area contributed by atoms with E-state index in [9.17, 15) is 5.11 Å². The maximum Gasteiger partial charge on any atom is 0.146 e. The van der Waals surface area contributed by atoms with Crippen molar-refractivity contribution in [1.29, 1.82) is 0 Å². The molecule has 1 heterocycles. The van der Waals surface area contributed by atoms with Crippen molar-refractivity contribution in [3.8, 4) is 22.9 Å². The fourth-order valence-corrected chi connectivity index (χ4v) is 3.93. The molecule has 0 atom stereocenters. The molecule has 0 aliphatic carbocycles. The van der Waals surface area contributed by atoms with Crippen molar-refractivity contribution in [2.24, 2.45) is 7.05 Å². The fraction of sp³-hybridized carbons (Fsp3) is 0.500. The van der Waals surface area contributed by atoms with E-state index in [2.05, 4.69) is 63.3 Å². The van der Waals surface area contributed by atoms with Gasteiger partial charge in [-0.05, 0) is 68.2 Å². The van der Waals surface area contributed by atoms with E-state index in [1.807, 2.05) is 49.6 Å². The molecule has 0 saturated carbocycles. The monoisotopic (exact) mass is 453 g/mol. The summed E-state index contributed by atoms with van der Waals surface area (Å²) in [6, 6.07) is 10.4. The molecule has 2 aromatic carbocycles. The topological polar surface area (TPSA) is 44.2 Å². The summed E-state index contributed by atoms with van der Waals surface area (Å²) in [5.74, 6) is 1.19. The molecule has 1 aromatic heterocycles. The average molecular weight is 454 g/mol. The summed E-state index contributed by atoms with van der Waals surface area (Å²) in [4.78, 5) is 6.11. The van der Waals surface area contributed by atoms with Gasteiger partial charge in [0.25, 0.3) is 0 Å². The van der Waals surface area contributed by atoms with E-state index in [-0.39, 0.29) is 5.41 Å². The van der Waals surface area contributed by atoms with Gasteiger partial charge < -0.3 is 9.84 Å². The number of aryl methyl sites for hydroxylation is 2. The van der Waals surface area contributed by atoms with Gasteiger partial charge in [-0.25, -0.2) is 0 Å². The summed E-state index contributed by atoms with van der Waals surface area (Å²) in [5.41, 5.74) is 5.08. The molecule has 0 radical (unpaired) electrons. The zero-order valence-corrected chi connectivity index (χ0v) is 21.9. The van der Waals surface area contributed by atoms with Crippen LogP contribution in [0.4, 0.5) is 0 Å². The summed E-state index contributed by atoms with van der Waals surface area (Å²) < 4.78 is 5.71. The van der Waals surface area contributed by atoms with Crippen LogP contribution in [0.1, 0.15) is 77.5 Å². The maximum atomic E-state index is 11.2. The van der Waals surface area contributed by atoms with Crippen molar-refractivity contribution in [2.75, 3.05) is 6.61 Å². The van der Waals surface area contributed by atoms with Gasteiger partial charge in [0.2, 0.25) is 0 Å². The van der Waals surface area contributed by atoms with Gasteiger partial charge >= 0.3 is 0 Å². The summed E-state index contributed by atoms with van der Waals surface area (Å²) in [5, 5.41) is 11.2. The molecule has 0 amide bonds. The molecule has 0 saturated heterocycles. The van der Waals surface area contributed by atoms with Crippen LogP contribution < -0.4 is 4.74 Å². The van der Waals surface area contributed by atoms with Crippen LogP contribution in [-0.2, 0) is 18.9 Å². The number of ether oxygens (including phenoxy) is 1. The van der Waals surface area contributed by atoms with Crippen LogP contribution in [0.5, 0.6) is 11.5 Å². The highest BCUT2D eigenvalue weighted by Gasteiger charge is 2.27. The van der Waals surface area contributed by atoms with Gasteiger partial charge in [0.1, 0.15) is 17.2 Å². The summed E-state index contributed by atoms with van der Waals surface area (Å²) in [6.45, 7) is 19.0. The van der Waals surface area contributed by atoms with E-state index >= 15 is 0 Å². The Bertz CT molecular complexity index is 1040. The lowest BCUT2D eigenvalue weighted by molar-refractivity contribution is 0.340. The van der Waals surface area contributed by atoms with Gasteiger partial charge in [-0.15, -0.1) is 6.58 Å². The predicted molar refractivity (Wildman–Crippen MR) is 139 cm³/mol. The van der Waals surface area contributed by atoms with Gasteiger partial charge in [-0.3, -0.25) is 0 Å². The lowest BCUT2D eigenvalue weighted by Gasteiger charge is -2.22. The highest BCUT2D eigenvalue weighted by molar-refractivity contribution is 5.56. The minimum Gasteiger partial charge on any atom is -0.505 e. The van der Waals surface area contributed by atoms with Gasteiger partial charge in [0, 0.05) is 18.7 Å². The van der Waals surface area contributed by atoms with Crippen molar-refractivity contribution in [3.63, 3.8) is 0 Å². The van der Waals surface area contributed by atoms with E-state index < -0.39 is 0 Å². The van der Waals surface area contributed by atoms with Gasteiger partial charge in [0.05, 0.1) is 12.3 Å². The second-order valence-corrected chi connectivity index (χ2v) is 9.25. The fourth-order valence-electron chi connectivity index (χ4n) is 3.93. The first kappa shape index (κ1) is 26.4. The number of unbranched alkanes of at least 4 members (excludes halogenated alkanes) is 2. The Hall–Kier alpha value is -2.82. The molecule has 0 bridgehead atoms. The third-order valence-electron chi connectivity index (χ3n) is 5.70. The molecule has 5 nitrogen and oxygen atoms in total. The number of phenols is 1. The lowest BCUT2D eigenvalue weighted by Crippen LogP contribution is -2.13. The molecule has 0 spiro atoms. The Kier molecular flexibility index (Phi) is 9.09. The SMILES string of the molecule is C=CCCCCc1cc(-n2n(C)n2-c2cc(OCC)ccc2C)c(O)c(C(C)(C)C)c1.CC. The number of rotatable bonds is 9. The van der Waals surface area contributed by atoms with Crippen LogP contribution in [0.3, 0.4) is 0 Å². The van der Waals surface area contributed by atoms with Crippen LogP contribution in [-0.4, -0.2) is 26.1 Å². The Balaban J connectivity index is 0.00000187. The van der Waals surface area contributed by atoms with E-state index in [1.165, 1.54) is 5.56 Å². The molecule has 182 valence electrons. The normalized spacial score (nSPS) is 11.3. The number of aromatic hydroxyl groups is 1. The largest absolute Gasteiger partial charge is 0.505 e. The molecule has 3 rings (SSSR count). The second-order valence-electron chi connectivity index (χ2n) is 9.25. The van der Waals surface area contributed by atoms with Crippen molar-refractivity contribution >= 4 is 0 Å². The van der Waals surface area contributed by atoms with Crippen molar-refractivity contribution in [3.05, 3.63) is 59.7 Å². The van der Waals surface area contributed by atoms with Crippen LogP contribution in [0.15, 0.2) is 43.0 Å². The van der Waals surface area contributed by atoms with E-state index in [1.54, 1.807) is 0 Å². The molecule has 0 aliphatic rings. The summed E-state index contributed by atoms with van der Waals surface area (Å²) >= 11 is 0. The summed E-state index contributed by atoms with van der Waals surface area (Å²) in [6.07, 6.45) is 6.23. The zero-order valence-electron chi connectivity index (χ0n) is 21.9. The Labute approximate surface area is 200 Å². The Morgan fingerprint density at radius 3 is 2.30 bits per heavy atom. The molecule has 1 N–H and O–H groups in total. The van der Waals surface area contributed by atoms with Crippen molar-refractivity contribution in [1.82, 2.24) is 14.4 Å². The molecule has 5 heteroatoms. The third-order valence-corrected chi connectivity index (χ3v) is 5.70. The highest BCUT2D eigenvalue weighted by atomic mass is 16.5. The number of aromatic nitrogens is 3. The average Bonchev–Trinajstić information content (AvgIpc) is 3.44. The zero-order chi connectivity index (χ0) is 24.8. The van der Waals surface area contributed by atoms with Gasteiger partial charge in [0.15, 0.2) is 0 Å². The van der Waals surface area contributed by atoms with Crippen LogP contribution >= 0.6 is 0 Å². The predicted octanol–water partition coefficient (Wildman–Crippen LogP) is 7.24. The number of hydrogen-bond acceptors (Lipinski definition) is 2. The number of phenolic OH excluding ortho intramolecular Hbond substituents is 1. The van der Waals surface area contributed by atoms with Crippen molar-refractivity contribution < 1.29 is 9.84 Å². The number of allylic oxidation sites excluding steroid dienone is 1. The number of benzene rings is 2. The van der Waals surface area contributed by atoms with Gasteiger partial charge in [-0.1, -0.05) is 52.8 Å². The van der Waals surface area contributed by atoms with Crippen molar-refractivity contribution in [2.45, 2.75) is 79.6 Å². The molecular formula is C28H43N3O2. The lowest BCUT2D eigenvalue weighted by atomic mass is 9.84. The first-order valence-electron chi connectivity index (χ1n) is 12.2. The Morgan fingerprint density at radius 2 is 1.70 bits per heavy atom.